The zero-order chi connectivity index (χ0) is 33.2. The van der Waals surface area contributed by atoms with Crippen molar-refractivity contribution in [1.29, 1.82) is 0 Å². The number of ether oxygens (including phenoxy) is 6. The van der Waals surface area contributed by atoms with Gasteiger partial charge in [-0.25, -0.2) is 0 Å². The first-order chi connectivity index (χ1) is 20.3. The van der Waals surface area contributed by atoms with Crippen LogP contribution in [0, 0.1) is 23.2 Å². The molecule has 0 amide bonds. The minimum atomic E-state index is -2.00. The van der Waals surface area contributed by atoms with Crippen molar-refractivity contribution in [2.24, 2.45) is 23.2 Å². The Bertz CT molecular complexity index is 1330. The van der Waals surface area contributed by atoms with Crippen LogP contribution in [0.15, 0.2) is 24.3 Å². The number of esters is 6. The van der Waals surface area contributed by atoms with E-state index in [0.29, 0.717) is 0 Å². The van der Waals surface area contributed by atoms with Crippen molar-refractivity contribution in [3.8, 4) is 0 Å². The molecular formula is C31H40O13. The Morgan fingerprint density at radius 3 is 1.95 bits per heavy atom. The molecule has 0 radical (unpaired) electrons. The van der Waals surface area contributed by atoms with E-state index < -0.39 is 100 Å². The van der Waals surface area contributed by atoms with Gasteiger partial charge in [0.2, 0.25) is 0 Å². The van der Waals surface area contributed by atoms with Crippen molar-refractivity contribution >= 4 is 35.8 Å². The normalized spacial score (nSPS) is 41.7. The lowest BCUT2D eigenvalue weighted by Gasteiger charge is -2.52. The minimum absolute atomic E-state index is 0.0892. The highest BCUT2D eigenvalue weighted by Crippen LogP contribution is 2.69. The van der Waals surface area contributed by atoms with Gasteiger partial charge in [0.15, 0.2) is 29.5 Å². The summed E-state index contributed by atoms with van der Waals surface area (Å²) >= 11 is 0. The molecule has 44 heavy (non-hydrogen) atoms. The summed E-state index contributed by atoms with van der Waals surface area (Å²) in [6.07, 6.45) is -3.63. The summed E-state index contributed by atoms with van der Waals surface area (Å²) in [6, 6.07) is 0. The molecule has 0 aromatic rings. The van der Waals surface area contributed by atoms with E-state index in [0.717, 1.165) is 27.7 Å². The van der Waals surface area contributed by atoms with Gasteiger partial charge in [0.1, 0.15) is 6.10 Å². The maximum Gasteiger partial charge on any atom is 0.307 e. The fourth-order valence-electron chi connectivity index (χ4n) is 8.39. The summed E-state index contributed by atoms with van der Waals surface area (Å²) in [6.45, 7) is 14.5. The summed E-state index contributed by atoms with van der Waals surface area (Å²) in [5.41, 5.74) is -7.53. The topological polar surface area (TPSA) is 178 Å². The standard InChI is InChI=1S/C31H40O13/c1-10-22(36)42-24-19-11-12-20-28(8,38)21-13-23(37)44-31(21,14(2)3)26(40-16(5)33)25(39-15(4)32)30(20,24)27(41-17(6)34)29(19,9)43-18(7)35/h11-12,19-21,24-27,38H,2,10,13H2,1,3-9H3/t19-,20+,21+,24-,25?,26-,27+,28-,29+,30+,31+/m1/s1. The summed E-state index contributed by atoms with van der Waals surface area (Å²) in [4.78, 5) is 77.3. The molecule has 1 N–H and O–H groups in total. The molecule has 1 heterocycles. The van der Waals surface area contributed by atoms with Gasteiger partial charge in [0.25, 0.3) is 0 Å². The van der Waals surface area contributed by atoms with Crippen LogP contribution in [0.1, 0.15) is 68.2 Å². The molecule has 242 valence electrons. The second-order valence-electron chi connectivity index (χ2n) is 12.5. The molecule has 13 heteroatoms. The molecule has 2 bridgehead atoms. The Balaban J connectivity index is 2.24. The summed E-state index contributed by atoms with van der Waals surface area (Å²) in [7, 11) is 0. The maximum atomic E-state index is 13.1. The first-order valence-corrected chi connectivity index (χ1v) is 14.5. The highest BCUT2D eigenvalue weighted by Gasteiger charge is 2.85. The summed E-state index contributed by atoms with van der Waals surface area (Å²) in [5, 5.41) is 12.7. The zero-order valence-electron chi connectivity index (χ0n) is 26.2. The van der Waals surface area contributed by atoms with Gasteiger partial charge >= 0.3 is 35.8 Å². The monoisotopic (exact) mass is 620 g/mol. The van der Waals surface area contributed by atoms with Crippen molar-refractivity contribution in [2.45, 2.75) is 109 Å². The van der Waals surface area contributed by atoms with Crippen LogP contribution in [0.3, 0.4) is 0 Å². The molecule has 0 aromatic heterocycles. The fourth-order valence-corrected chi connectivity index (χ4v) is 8.39. The van der Waals surface area contributed by atoms with Crippen molar-refractivity contribution in [3.05, 3.63) is 24.3 Å². The Labute approximate surface area is 255 Å². The third-order valence-electron chi connectivity index (χ3n) is 9.65. The first kappa shape index (κ1) is 33.2. The van der Waals surface area contributed by atoms with Gasteiger partial charge in [-0.15, -0.1) is 0 Å². The van der Waals surface area contributed by atoms with E-state index in [4.69, 9.17) is 28.4 Å². The number of aliphatic hydroxyl groups is 1. The van der Waals surface area contributed by atoms with E-state index in [9.17, 15) is 33.9 Å². The molecule has 1 aliphatic heterocycles. The van der Waals surface area contributed by atoms with Crippen molar-refractivity contribution < 1.29 is 62.3 Å². The Morgan fingerprint density at radius 1 is 0.886 bits per heavy atom. The Hall–Kier alpha value is -3.74. The molecule has 4 aliphatic rings. The molecule has 3 aliphatic carbocycles. The molecule has 1 spiro atoms. The number of carbonyl (C=O) groups is 6. The highest BCUT2D eigenvalue weighted by molar-refractivity contribution is 5.76. The second kappa shape index (κ2) is 11.0. The third-order valence-corrected chi connectivity index (χ3v) is 9.65. The van der Waals surface area contributed by atoms with E-state index >= 15 is 0 Å². The summed E-state index contributed by atoms with van der Waals surface area (Å²) in [5.74, 6) is -8.16. The number of carbonyl (C=O) groups excluding carboxylic acids is 6. The average Bonchev–Trinajstić information content (AvgIpc) is 3.29. The maximum absolute atomic E-state index is 13.1. The number of fused-ring (bicyclic) bond motifs is 2. The predicted octanol–water partition coefficient (Wildman–Crippen LogP) is 1.87. The molecule has 1 unspecified atom stereocenters. The van der Waals surface area contributed by atoms with E-state index in [2.05, 4.69) is 6.58 Å². The Kier molecular flexibility index (Phi) is 8.29. The SMILES string of the molecule is C=C(C)[C@]12OC(=O)C[C@H]1[C@](C)(O)[C@@H]1C=C[C@@H]3[C@@H](OC(=O)CC)[C@@]1(C(OC(C)=O)[C@H]2OC(C)=O)[C@@H](OC(C)=O)[C@@]3(C)OC(C)=O. The van der Waals surface area contributed by atoms with Crippen LogP contribution in [0.25, 0.3) is 0 Å². The van der Waals surface area contributed by atoms with Gasteiger partial charge in [0, 0.05) is 46.0 Å². The fraction of sp³-hybridized carbons (Fsp3) is 0.677. The molecule has 13 nitrogen and oxygen atoms in total. The number of rotatable bonds is 7. The molecule has 11 atom stereocenters. The van der Waals surface area contributed by atoms with Gasteiger partial charge < -0.3 is 33.5 Å². The van der Waals surface area contributed by atoms with Gasteiger partial charge in [-0.05, 0) is 26.3 Å². The second-order valence-corrected chi connectivity index (χ2v) is 12.5. The van der Waals surface area contributed by atoms with E-state index in [1.807, 2.05) is 0 Å². The van der Waals surface area contributed by atoms with Crippen LogP contribution in [0.4, 0.5) is 0 Å². The van der Waals surface area contributed by atoms with E-state index in [-0.39, 0.29) is 18.4 Å². The molecule has 1 saturated heterocycles. The number of hydrogen-bond acceptors (Lipinski definition) is 13. The lowest BCUT2D eigenvalue weighted by Crippen LogP contribution is -2.67. The molecule has 3 fully saturated rings. The number of hydrogen-bond donors (Lipinski definition) is 1. The molecule has 0 aromatic carbocycles. The molecular weight excluding hydrogens is 580 g/mol. The van der Waals surface area contributed by atoms with E-state index in [1.165, 1.54) is 20.8 Å². The third kappa shape index (κ3) is 4.62. The van der Waals surface area contributed by atoms with E-state index in [1.54, 1.807) is 19.1 Å². The lowest BCUT2D eigenvalue weighted by molar-refractivity contribution is -0.241. The van der Waals surface area contributed by atoms with Crippen LogP contribution in [-0.4, -0.2) is 82.1 Å². The van der Waals surface area contributed by atoms with Gasteiger partial charge in [-0.3, -0.25) is 28.8 Å². The zero-order valence-corrected chi connectivity index (χ0v) is 26.2. The van der Waals surface area contributed by atoms with Crippen molar-refractivity contribution in [1.82, 2.24) is 0 Å². The van der Waals surface area contributed by atoms with Gasteiger partial charge in [-0.2, -0.15) is 0 Å². The smallest absolute Gasteiger partial charge is 0.307 e. The average molecular weight is 621 g/mol. The van der Waals surface area contributed by atoms with Crippen LogP contribution in [-0.2, 0) is 57.2 Å². The van der Waals surface area contributed by atoms with Crippen LogP contribution in [0.2, 0.25) is 0 Å². The van der Waals surface area contributed by atoms with Gasteiger partial charge in [-0.1, -0.05) is 25.7 Å². The Morgan fingerprint density at radius 2 is 1.45 bits per heavy atom. The first-order valence-electron chi connectivity index (χ1n) is 14.5. The minimum Gasteiger partial charge on any atom is -0.461 e. The lowest BCUT2D eigenvalue weighted by atomic mass is 9.57. The highest BCUT2D eigenvalue weighted by atomic mass is 16.6. The van der Waals surface area contributed by atoms with Crippen LogP contribution < -0.4 is 0 Å². The molecule has 2 saturated carbocycles. The quantitative estimate of drug-likeness (QED) is 0.248. The largest absolute Gasteiger partial charge is 0.461 e. The van der Waals surface area contributed by atoms with Crippen molar-refractivity contribution in [3.63, 3.8) is 0 Å². The molecule has 4 rings (SSSR count). The predicted molar refractivity (Wildman–Crippen MR) is 148 cm³/mol. The summed E-state index contributed by atoms with van der Waals surface area (Å²) < 4.78 is 35.8. The van der Waals surface area contributed by atoms with Crippen LogP contribution in [0.5, 0.6) is 0 Å². The van der Waals surface area contributed by atoms with Crippen LogP contribution >= 0.6 is 0 Å². The van der Waals surface area contributed by atoms with Gasteiger partial charge in [0.05, 0.1) is 23.4 Å². The van der Waals surface area contributed by atoms with Crippen molar-refractivity contribution in [2.75, 3.05) is 0 Å².